The van der Waals surface area contributed by atoms with Crippen molar-refractivity contribution in [2.75, 3.05) is 11.1 Å². The van der Waals surface area contributed by atoms with Gasteiger partial charge in [0.25, 0.3) is 0 Å². The molecule has 0 radical (unpaired) electrons. The van der Waals surface area contributed by atoms with Gasteiger partial charge in [0.2, 0.25) is 0 Å². The summed E-state index contributed by atoms with van der Waals surface area (Å²) in [6.45, 7) is 1.87. The maximum Gasteiger partial charge on any atom is 0.106 e. The van der Waals surface area contributed by atoms with Gasteiger partial charge in [0, 0.05) is 11.0 Å². The lowest BCUT2D eigenvalue weighted by Crippen LogP contribution is -2.20. The van der Waals surface area contributed by atoms with Crippen molar-refractivity contribution in [2.24, 2.45) is 0 Å². The molecular weight excluding hydrogens is 246 g/mol. The minimum absolute atomic E-state index is 0.336. The molecule has 0 aliphatic rings. The molecular formula is C10H14BrNO2. The molecule has 0 saturated carbocycles. The van der Waals surface area contributed by atoms with E-state index in [0.717, 1.165) is 5.56 Å². The predicted molar refractivity (Wildman–Crippen MR) is 60.4 cm³/mol. The normalized spacial score (nSPS) is 15.1. The van der Waals surface area contributed by atoms with Crippen LogP contribution < -0.4 is 5.73 Å². The molecule has 0 aliphatic carbocycles. The average molecular weight is 260 g/mol. The van der Waals surface area contributed by atoms with Crippen molar-refractivity contribution in [1.82, 2.24) is 0 Å². The molecule has 78 valence electrons. The Bertz CT molecular complexity index is 317. The van der Waals surface area contributed by atoms with Crippen molar-refractivity contribution in [3.8, 4) is 0 Å². The van der Waals surface area contributed by atoms with Gasteiger partial charge in [-0.3, -0.25) is 0 Å². The molecule has 0 spiro atoms. The second-order valence-electron chi connectivity index (χ2n) is 3.28. The molecule has 0 saturated heterocycles. The summed E-state index contributed by atoms with van der Waals surface area (Å²) in [5, 5.41) is 19.6. The number of hydrogen-bond acceptors (Lipinski definition) is 3. The summed E-state index contributed by atoms with van der Waals surface area (Å²) >= 11 is 3.11. The Kier molecular flexibility index (Phi) is 3.92. The van der Waals surface area contributed by atoms with E-state index < -0.39 is 12.2 Å². The molecule has 1 rings (SSSR count). The zero-order valence-corrected chi connectivity index (χ0v) is 9.53. The number of alkyl halides is 1. The first-order valence-corrected chi connectivity index (χ1v) is 5.46. The van der Waals surface area contributed by atoms with Crippen LogP contribution >= 0.6 is 15.9 Å². The van der Waals surface area contributed by atoms with Gasteiger partial charge in [-0.25, -0.2) is 0 Å². The summed E-state index contributed by atoms with van der Waals surface area (Å²) in [6, 6.07) is 5.28. The van der Waals surface area contributed by atoms with E-state index >= 15 is 0 Å². The van der Waals surface area contributed by atoms with E-state index in [2.05, 4.69) is 15.9 Å². The number of aliphatic hydroxyl groups excluding tert-OH is 2. The van der Waals surface area contributed by atoms with E-state index in [4.69, 9.17) is 5.73 Å². The van der Waals surface area contributed by atoms with Crippen LogP contribution in [-0.4, -0.2) is 21.6 Å². The monoisotopic (exact) mass is 259 g/mol. The van der Waals surface area contributed by atoms with Crippen LogP contribution in [0.2, 0.25) is 0 Å². The molecule has 0 amide bonds. The molecule has 14 heavy (non-hydrogen) atoms. The van der Waals surface area contributed by atoms with Gasteiger partial charge < -0.3 is 15.9 Å². The molecule has 3 nitrogen and oxygen atoms in total. The summed E-state index contributed by atoms with van der Waals surface area (Å²) in [4.78, 5) is 0. The predicted octanol–water partition coefficient (Wildman–Crippen LogP) is 1.37. The van der Waals surface area contributed by atoms with Gasteiger partial charge in [0.1, 0.15) is 6.10 Å². The van der Waals surface area contributed by atoms with Crippen LogP contribution in [0.5, 0.6) is 0 Å². The fraction of sp³-hybridized carbons (Fsp3) is 0.400. The molecule has 2 atom stereocenters. The number of hydrogen-bond donors (Lipinski definition) is 3. The summed E-state index contributed by atoms with van der Waals surface area (Å²) < 4.78 is 0. The summed E-state index contributed by atoms with van der Waals surface area (Å²) in [7, 11) is 0. The zero-order valence-electron chi connectivity index (χ0n) is 7.94. The Labute approximate surface area is 91.7 Å². The van der Waals surface area contributed by atoms with Gasteiger partial charge in [-0.2, -0.15) is 0 Å². The van der Waals surface area contributed by atoms with Crippen LogP contribution in [0.4, 0.5) is 5.69 Å². The molecule has 0 heterocycles. The summed E-state index contributed by atoms with van der Waals surface area (Å²) in [5.74, 6) is 0. The molecule has 2 unspecified atom stereocenters. The van der Waals surface area contributed by atoms with Crippen LogP contribution in [0.25, 0.3) is 0 Å². The second kappa shape index (κ2) is 4.77. The van der Waals surface area contributed by atoms with Crippen molar-refractivity contribution in [2.45, 2.75) is 19.1 Å². The Hall–Kier alpha value is -0.580. The molecule has 4 heteroatoms. The Balaban J connectivity index is 2.99. The van der Waals surface area contributed by atoms with E-state index in [-0.39, 0.29) is 0 Å². The van der Waals surface area contributed by atoms with Gasteiger partial charge in [0.05, 0.1) is 6.10 Å². The van der Waals surface area contributed by atoms with E-state index in [1.165, 1.54) is 0 Å². The zero-order chi connectivity index (χ0) is 10.7. The lowest BCUT2D eigenvalue weighted by Gasteiger charge is -2.18. The number of nitrogens with two attached hydrogens (primary N) is 1. The number of benzene rings is 1. The fourth-order valence-electron chi connectivity index (χ4n) is 1.27. The molecule has 0 bridgehead atoms. The van der Waals surface area contributed by atoms with E-state index in [1.54, 1.807) is 12.1 Å². The third-order valence-corrected chi connectivity index (χ3v) is 2.81. The van der Waals surface area contributed by atoms with Gasteiger partial charge >= 0.3 is 0 Å². The Morgan fingerprint density at radius 2 is 2.07 bits per heavy atom. The van der Waals surface area contributed by atoms with Crippen LogP contribution in [0.15, 0.2) is 18.2 Å². The molecule has 0 aliphatic heterocycles. The largest absolute Gasteiger partial charge is 0.399 e. The third-order valence-electron chi connectivity index (χ3n) is 2.14. The van der Waals surface area contributed by atoms with Crippen LogP contribution in [0, 0.1) is 6.92 Å². The first kappa shape index (κ1) is 11.5. The minimum atomic E-state index is -0.891. The molecule has 4 N–H and O–H groups in total. The molecule has 0 aromatic heterocycles. The molecule has 1 aromatic carbocycles. The standard InChI is InChI=1S/C10H14BrNO2/c1-6-2-3-7(12)4-8(6)10(14)9(13)5-11/h2-4,9-10,13-14H,5,12H2,1H3. The third kappa shape index (κ3) is 2.47. The number of anilines is 1. The van der Waals surface area contributed by atoms with Gasteiger partial charge in [0.15, 0.2) is 0 Å². The van der Waals surface area contributed by atoms with Gasteiger partial charge in [-0.1, -0.05) is 22.0 Å². The molecule has 1 aromatic rings. The molecule has 0 fully saturated rings. The van der Waals surface area contributed by atoms with Crippen molar-refractivity contribution < 1.29 is 10.2 Å². The second-order valence-corrected chi connectivity index (χ2v) is 3.93. The smallest absolute Gasteiger partial charge is 0.106 e. The van der Waals surface area contributed by atoms with Crippen molar-refractivity contribution in [1.29, 1.82) is 0 Å². The van der Waals surface area contributed by atoms with Crippen molar-refractivity contribution in [3.63, 3.8) is 0 Å². The number of aryl methyl sites for hydroxylation is 1. The minimum Gasteiger partial charge on any atom is -0.399 e. The number of nitrogen functional groups attached to an aromatic ring is 1. The lowest BCUT2D eigenvalue weighted by atomic mass is 9.99. The summed E-state index contributed by atoms with van der Waals surface area (Å²) in [6.07, 6.45) is -1.70. The maximum atomic E-state index is 9.76. The lowest BCUT2D eigenvalue weighted by molar-refractivity contribution is 0.0339. The topological polar surface area (TPSA) is 66.5 Å². The van der Waals surface area contributed by atoms with Crippen LogP contribution in [0.1, 0.15) is 17.2 Å². The number of rotatable bonds is 3. The average Bonchev–Trinajstić information content (AvgIpc) is 2.19. The number of aliphatic hydroxyl groups is 2. The highest BCUT2D eigenvalue weighted by Gasteiger charge is 2.18. The first-order chi connectivity index (χ1) is 6.56. The SMILES string of the molecule is Cc1ccc(N)cc1C(O)C(O)CBr. The Morgan fingerprint density at radius 1 is 1.43 bits per heavy atom. The van der Waals surface area contributed by atoms with Crippen molar-refractivity contribution in [3.05, 3.63) is 29.3 Å². The highest BCUT2D eigenvalue weighted by molar-refractivity contribution is 9.09. The van der Waals surface area contributed by atoms with Gasteiger partial charge in [-0.15, -0.1) is 0 Å². The fourth-order valence-corrected chi connectivity index (χ4v) is 1.62. The Morgan fingerprint density at radius 3 is 2.64 bits per heavy atom. The van der Waals surface area contributed by atoms with E-state index in [0.29, 0.717) is 16.6 Å². The van der Waals surface area contributed by atoms with E-state index in [1.807, 2.05) is 13.0 Å². The first-order valence-electron chi connectivity index (χ1n) is 4.34. The van der Waals surface area contributed by atoms with Crippen LogP contribution in [0.3, 0.4) is 0 Å². The van der Waals surface area contributed by atoms with Gasteiger partial charge in [-0.05, 0) is 30.2 Å². The highest BCUT2D eigenvalue weighted by atomic mass is 79.9. The quantitative estimate of drug-likeness (QED) is 0.568. The summed E-state index contributed by atoms with van der Waals surface area (Å²) in [5.41, 5.74) is 7.79. The van der Waals surface area contributed by atoms with E-state index in [9.17, 15) is 10.2 Å². The van der Waals surface area contributed by atoms with Crippen LogP contribution in [-0.2, 0) is 0 Å². The van der Waals surface area contributed by atoms with Crippen molar-refractivity contribution >= 4 is 21.6 Å². The highest BCUT2D eigenvalue weighted by Crippen LogP contribution is 2.23. The number of halogens is 1. The maximum absolute atomic E-state index is 9.76.